The molecule has 0 saturated carbocycles. The molecule has 3 rings (SSSR count). The van der Waals surface area contributed by atoms with E-state index in [1.807, 2.05) is 37.3 Å². The van der Waals surface area contributed by atoms with Gasteiger partial charge in [-0.25, -0.2) is 0 Å². The second-order valence-electron chi connectivity index (χ2n) is 6.56. The van der Waals surface area contributed by atoms with Gasteiger partial charge in [-0.1, -0.05) is 18.2 Å². The molecule has 1 fully saturated rings. The van der Waals surface area contributed by atoms with E-state index in [1.54, 1.807) is 6.07 Å². The summed E-state index contributed by atoms with van der Waals surface area (Å²) in [5, 5.41) is 6.10. The average Bonchev–Trinajstić information content (AvgIpc) is 2.63. The maximum Gasteiger partial charge on any atom is 0.257 e. The number of likely N-dealkylation sites (N-methyl/N-ethyl adjacent to an activating group) is 1. The predicted molar refractivity (Wildman–Crippen MR) is 111 cm³/mol. The molecule has 6 heteroatoms. The van der Waals surface area contributed by atoms with Crippen molar-refractivity contribution in [3.63, 3.8) is 0 Å². The number of aryl methyl sites for hydroxylation is 1. The summed E-state index contributed by atoms with van der Waals surface area (Å²) >= 11 is 5.27. The zero-order valence-corrected chi connectivity index (χ0v) is 16.0. The molecule has 26 heavy (non-hydrogen) atoms. The Morgan fingerprint density at radius 3 is 2.31 bits per heavy atom. The quantitative estimate of drug-likeness (QED) is 0.816. The van der Waals surface area contributed by atoms with Crippen LogP contribution < -0.4 is 15.5 Å². The fourth-order valence-electron chi connectivity index (χ4n) is 2.98. The van der Waals surface area contributed by atoms with Gasteiger partial charge in [0.2, 0.25) is 0 Å². The minimum Gasteiger partial charge on any atom is -0.369 e. The third kappa shape index (κ3) is 4.59. The maximum atomic E-state index is 12.3. The SMILES string of the molecule is Cc1ccccc1C(=O)NC(=S)Nc1ccc(N2CCN(C)CC2)cc1. The van der Waals surface area contributed by atoms with Gasteiger partial charge in [-0.3, -0.25) is 10.1 Å². The highest BCUT2D eigenvalue weighted by Crippen LogP contribution is 2.19. The second-order valence-corrected chi connectivity index (χ2v) is 6.97. The highest BCUT2D eigenvalue weighted by Gasteiger charge is 2.14. The minimum atomic E-state index is -0.199. The molecule has 1 saturated heterocycles. The van der Waals surface area contributed by atoms with E-state index in [4.69, 9.17) is 12.2 Å². The van der Waals surface area contributed by atoms with Crippen LogP contribution in [0.3, 0.4) is 0 Å². The predicted octanol–water partition coefficient (Wildman–Crippen LogP) is 2.87. The van der Waals surface area contributed by atoms with Crippen LogP contribution in [0.25, 0.3) is 0 Å². The van der Waals surface area contributed by atoms with Crippen LogP contribution in [-0.4, -0.2) is 49.1 Å². The Balaban J connectivity index is 1.56. The topological polar surface area (TPSA) is 47.6 Å². The number of nitrogens with zero attached hydrogens (tertiary/aromatic N) is 2. The summed E-state index contributed by atoms with van der Waals surface area (Å²) in [6.45, 7) is 6.13. The van der Waals surface area contributed by atoms with E-state index in [1.165, 1.54) is 5.69 Å². The van der Waals surface area contributed by atoms with E-state index in [0.717, 1.165) is 37.4 Å². The van der Waals surface area contributed by atoms with Crippen molar-refractivity contribution in [1.82, 2.24) is 10.2 Å². The van der Waals surface area contributed by atoms with Crippen molar-refractivity contribution < 1.29 is 4.79 Å². The molecular weight excluding hydrogens is 344 g/mol. The lowest BCUT2D eigenvalue weighted by molar-refractivity contribution is 0.0977. The van der Waals surface area contributed by atoms with Crippen molar-refractivity contribution in [1.29, 1.82) is 0 Å². The molecule has 2 aromatic carbocycles. The molecule has 0 radical (unpaired) electrons. The van der Waals surface area contributed by atoms with E-state index in [0.29, 0.717) is 10.7 Å². The summed E-state index contributed by atoms with van der Waals surface area (Å²) in [6, 6.07) is 15.6. The Labute approximate surface area is 160 Å². The van der Waals surface area contributed by atoms with E-state index < -0.39 is 0 Å². The van der Waals surface area contributed by atoms with Crippen LogP contribution in [0.1, 0.15) is 15.9 Å². The molecule has 136 valence electrons. The van der Waals surface area contributed by atoms with Gasteiger partial charge in [-0.15, -0.1) is 0 Å². The number of hydrogen-bond donors (Lipinski definition) is 2. The van der Waals surface area contributed by atoms with Gasteiger partial charge < -0.3 is 15.1 Å². The number of carbonyl (C=O) groups is 1. The number of hydrogen-bond acceptors (Lipinski definition) is 4. The fraction of sp³-hybridized carbons (Fsp3) is 0.300. The lowest BCUT2D eigenvalue weighted by Gasteiger charge is -2.34. The van der Waals surface area contributed by atoms with Gasteiger partial charge in [0, 0.05) is 43.1 Å². The first kappa shape index (κ1) is 18.4. The smallest absolute Gasteiger partial charge is 0.257 e. The van der Waals surface area contributed by atoms with Crippen LogP contribution in [0.2, 0.25) is 0 Å². The standard InChI is InChI=1S/C20H24N4OS/c1-15-5-3-4-6-18(15)19(25)22-20(26)21-16-7-9-17(10-8-16)24-13-11-23(2)12-14-24/h3-10H,11-14H2,1-2H3,(H2,21,22,25,26). The Morgan fingerprint density at radius 1 is 1.00 bits per heavy atom. The maximum absolute atomic E-state index is 12.3. The van der Waals surface area contributed by atoms with Crippen LogP contribution in [0.5, 0.6) is 0 Å². The third-order valence-electron chi connectivity index (χ3n) is 4.61. The number of rotatable bonds is 3. The highest BCUT2D eigenvalue weighted by atomic mass is 32.1. The molecule has 0 spiro atoms. The van der Waals surface area contributed by atoms with Crippen LogP contribution in [-0.2, 0) is 0 Å². The number of piperazine rings is 1. The molecule has 1 aliphatic rings. The Kier molecular flexibility index (Phi) is 5.85. The summed E-state index contributed by atoms with van der Waals surface area (Å²) in [7, 11) is 2.15. The van der Waals surface area contributed by atoms with Gasteiger partial charge in [0.15, 0.2) is 5.11 Å². The number of nitrogens with one attached hydrogen (secondary N) is 2. The molecule has 0 aromatic heterocycles. The van der Waals surface area contributed by atoms with Crippen molar-refractivity contribution >= 4 is 34.6 Å². The molecule has 2 aromatic rings. The Hall–Kier alpha value is -2.44. The summed E-state index contributed by atoms with van der Waals surface area (Å²) in [6.07, 6.45) is 0. The molecule has 1 aliphatic heterocycles. The number of amides is 1. The van der Waals surface area contributed by atoms with Gasteiger partial charge in [0.1, 0.15) is 0 Å². The van der Waals surface area contributed by atoms with Gasteiger partial charge in [-0.05, 0) is 62.1 Å². The second kappa shape index (κ2) is 8.29. The van der Waals surface area contributed by atoms with Crippen LogP contribution in [0, 0.1) is 6.92 Å². The first-order valence-corrected chi connectivity index (χ1v) is 9.15. The van der Waals surface area contributed by atoms with Crippen LogP contribution >= 0.6 is 12.2 Å². The molecule has 5 nitrogen and oxygen atoms in total. The van der Waals surface area contributed by atoms with Gasteiger partial charge in [0.25, 0.3) is 5.91 Å². The van der Waals surface area contributed by atoms with Crippen molar-refractivity contribution in [3.05, 3.63) is 59.7 Å². The molecular formula is C20H24N4OS. The first-order chi connectivity index (χ1) is 12.5. The normalized spacial score (nSPS) is 14.8. The van der Waals surface area contributed by atoms with Crippen molar-refractivity contribution in [2.45, 2.75) is 6.92 Å². The van der Waals surface area contributed by atoms with Gasteiger partial charge in [-0.2, -0.15) is 0 Å². The van der Waals surface area contributed by atoms with E-state index in [9.17, 15) is 4.79 Å². The summed E-state index contributed by atoms with van der Waals surface area (Å²) in [5.74, 6) is -0.199. The number of thiocarbonyl (C=S) groups is 1. The number of anilines is 2. The highest BCUT2D eigenvalue weighted by molar-refractivity contribution is 7.80. The molecule has 0 unspecified atom stereocenters. The molecule has 0 atom stereocenters. The van der Waals surface area contributed by atoms with E-state index in [2.05, 4.69) is 39.6 Å². The van der Waals surface area contributed by atoms with E-state index >= 15 is 0 Å². The number of benzene rings is 2. The first-order valence-electron chi connectivity index (χ1n) is 8.74. The lowest BCUT2D eigenvalue weighted by atomic mass is 10.1. The van der Waals surface area contributed by atoms with Gasteiger partial charge in [0.05, 0.1) is 0 Å². The number of carbonyl (C=O) groups excluding carboxylic acids is 1. The monoisotopic (exact) mass is 368 g/mol. The molecule has 1 amide bonds. The van der Waals surface area contributed by atoms with Crippen molar-refractivity contribution in [2.75, 3.05) is 43.4 Å². The Bertz CT molecular complexity index is 783. The molecule has 2 N–H and O–H groups in total. The molecule has 1 heterocycles. The lowest BCUT2D eigenvalue weighted by Crippen LogP contribution is -2.44. The zero-order chi connectivity index (χ0) is 18.5. The van der Waals surface area contributed by atoms with Crippen LogP contribution in [0.4, 0.5) is 11.4 Å². The molecule has 0 bridgehead atoms. The third-order valence-corrected chi connectivity index (χ3v) is 4.81. The average molecular weight is 369 g/mol. The van der Waals surface area contributed by atoms with E-state index in [-0.39, 0.29) is 5.91 Å². The fourth-order valence-corrected chi connectivity index (χ4v) is 3.19. The van der Waals surface area contributed by atoms with Crippen molar-refractivity contribution in [2.24, 2.45) is 0 Å². The Morgan fingerprint density at radius 2 is 1.65 bits per heavy atom. The summed E-state index contributed by atoms with van der Waals surface area (Å²) in [4.78, 5) is 17.0. The van der Waals surface area contributed by atoms with Crippen LogP contribution in [0.15, 0.2) is 48.5 Å². The largest absolute Gasteiger partial charge is 0.369 e. The molecule has 0 aliphatic carbocycles. The zero-order valence-electron chi connectivity index (χ0n) is 15.2. The summed E-state index contributed by atoms with van der Waals surface area (Å²) < 4.78 is 0. The van der Waals surface area contributed by atoms with Gasteiger partial charge >= 0.3 is 0 Å². The minimum absolute atomic E-state index is 0.199. The van der Waals surface area contributed by atoms with Crippen molar-refractivity contribution in [3.8, 4) is 0 Å². The summed E-state index contributed by atoms with van der Waals surface area (Å²) in [5.41, 5.74) is 3.61.